The molecule has 11 heteroatoms. The molecule has 3 atom stereocenters. The zero-order chi connectivity index (χ0) is 37.6. The summed E-state index contributed by atoms with van der Waals surface area (Å²) in [7, 11) is 0. The number of alkyl carbamates (subject to hydrolysis) is 1. The minimum Gasteiger partial charge on any atom is -0.458 e. The summed E-state index contributed by atoms with van der Waals surface area (Å²) in [5, 5.41) is 5.56. The highest BCUT2D eigenvalue weighted by Crippen LogP contribution is 2.28. The highest BCUT2D eigenvalue weighted by atomic mass is 16.6. The van der Waals surface area contributed by atoms with Crippen LogP contribution in [0.4, 0.5) is 4.79 Å². The Morgan fingerprint density at radius 2 is 1.46 bits per heavy atom. The predicted octanol–water partition coefficient (Wildman–Crippen LogP) is 5.98. The summed E-state index contributed by atoms with van der Waals surface area (Å²) in [5.74, 6) is -2.42. The number of aryl methyl sites for hydroxylation is 2. The minimum atomic E-state index is -1.23. The number of nitrogens with two attached hydrogens (primary N) is 1. The summed E-state index contributed by atoms with van der Waals surface area (Å²) in [5.41, 5.74) is 6.91. The van der Waals surface area contributed by atoms with Gasteiger partial charge in [0.25, 0.3) is 0 Å². The van der Waals surface area contributed by atoms with Gasteiger partial charge in [0.1, 0.15) is 29.3 Å². The van der Waals surface area contributed by atoms with Crippen molar-refractivity contribution in [2.75, 3.05) is 6.54 Å². The molecule has 4 N–H and O–H groups in total. The molecule has 0 bridgehead atoms. The van der Waals surface area contributed by atoms with Crippen molar-refractivity contribution >= 4 is 29.8 Å². The SMILES string of the molecule is CCCCCCN(C(=O)C(CCC(N)=O)NC(=O)OC(C)(C)C)C(C(=O)NC(Cc1ccccc1)C(=O)OC(C)(C)C)c1ccc(C)cc1C. The van der Waals surface area contributed by atoms with Crippen LogP contribution in [0.2, 0.25) is 0 Å². The number of rotatable bonds is 17. The van der Waals surface area contributed by atoms with Crippen molar-refractivity contribution in [2.45, 2.75) is 137 Å². The molecule has 2 aromatic carbocycles. The molecule has 50 heavy (non-hydrogen) atoms. The van der Waals surface area contributed by atoms with E-state index in [1.165, 1.54) is 4.90 Å². The number of carbonyl (C=O) groups is 5. The normalized spacial score (nSPS) is 13.4. The third-order valence-corrected chi connectivity index (χ3v) is 7.77. The molecule has 0 heterocycles. The van der Waals surface area contributed by atoms with Crippen LogP contribution in [-0.4, -0.2) is 64.5 Å². The Bertz CT molecular complexity index is 1450. The van der Waals surface area contributed by atoms with Crippen LogP contribution < -0.4 is 16.4 Å². The molecule has 3 unspecified atom stereocenters. The summed E-state index contributed by atoms with van der Waals surface area (Å²) >= 11 is 0. The molecule has 4 amide bonds. The van der Waals surface area contributed by atoms with E-state index >= 15 is 0 Å². The Balaban J connectivity index is 2.70. The van der Waals surface area contributed by atoms with Crippen LogP contribution in [0.25, 0.3) is 0 Å². The Morgan fingerprint density at radius 3 is 2.02 bits per heavy atom. The van der Waals surface area contributed by atoms with E-state index in [0.717, 1.165) is 36.0 Å². The van der Waals surface area contributed by atoms with Crippen molar-refractivity contribution in [3.8, 4) is 0 Å². The first-order chi connectivity index (χ1) is 23.3. The molecule has 0 aliphatic heterocycles. The van der Waals surface area contributed by atoms with Crippen molar-refractivity contribution in [3.05, 3.63) is 70.8 Å². The number of hydrogen-bond donors (Lipinski definition) is 3. The van der Waals surface area contributed by atoms with Gasteiger partial charge in [0, 0.05) is 19.4 Å². The number of carbonyl (C=O) groups excluding carboxylic acids is 5. The van der Waals surface area contributed by atoms with Crippen molar-refractivity contribution in [1.29, 1.82) is 0 Å². The summed E-state index contributed by atoms with van der Waals surface area (Å²) < 4.78 is 11.2. The average Bonchev–Trinajstić information content (AvgIpc) is 2.99. The first-order valence-corrected chi connectivity index (χ1v) is 17.5. The smallest absolute Gasteiger partial charge is 0.408 e. The number of hydrogen-bond acceptors (Lipinski definition) is 7. The Hall–Kier alpha value is -4.41. The summed E-state index contributed by atoms with van der Waals surface area (Å²) in [6, 6.07) is 11.4. The van der Waals surface area contributed by atoms with Gasteiger partial charge in [-0.3, -0.25) is 14.4 Å². The topological polar surface area (TPSA) is 157 Å². The van der Waals surface area contributed by atoms with Gasteiger partial charge >= 0.3 is 12.1 Å². The Labute approximate surface area is 298 Å². The number of nitrogens with one attached hydrogen (secondary N) is 2. The summed E-state index contributed by atoms with van der Waals surface area (Å²) in [6.45, 7) is 16.4. The second-order valence-corrected chi connectivity index (χ2v) is 14.8. The molecule has 0 aliphatic rings. The standard InChI is InChI=1S/C39H58N4O7/c1-10-11-12-16-23-43(35(46)30(21-22-32(40)44)42-37(48)50-39(7,8)9)33(29-20-19-26(2)24-27(29)3)34(45)41-31(36(47)49-38(4,5)6)25-28-17-14-13-15-18-28/h13-15,17-20,24,30-31,33H,10-12,16,21-23,25H2,1-9H3,(H2,40,44)(H,41,45)(H,42,48). The lowest BCUT2D eigenvalue weighted by molar-refractivity contribution is -0.159. The molecular weight excluding hydrogens is 636 g/mol. The number of primary amides is 1. The number of benzene rings is 2. The maximum Gasteiger partial charge on any atom is 0.408 e. The number of ether oxygens (including phenoxy) is 2. The zero-order valence-electron chi connectivity index (χ0n) is 31.4. The van der Waals surface area contributed by atoms with Gasteiger partial charge in [0.2, 0.25) is 17.7 Å². The lowest BCUT2D eigenvalue weighted by Gasteiger charge is -2.36. The lowest BCUT2D eigenvalue weighted by Crippen LogP contribution is -2.55. The average molecular weight is 695 g/mol. The molecule has 0 saturated carbocycles. The van der Waals surface area contributed by atoms with Gasteiger partial charge in [0.05, 0.1) is 0 Å². The fraction of sp³-hybridized carbons (Fsp3) is 0.564. The van der Waals surface area contributed by atoms with Crippen LogP contribution in [-0.2, 0) is 35.1 Å². The summed E-state index contributed by atoms with van der Waals surface area (Å²) in [6.07, 6.45) is 2.26. The van der Waals surface area contributed by atoms with E-state index in [1.807, 2.05) is 56.3 Å². The number of amides is 4. The molecule has 0 aliphatic carbocycles. The Morgan fingerprint density at radius 1 is 0.820 bits per heavy atom. The lowest BCUT2D eigenvalue weighted by atomic mass is 9.95. The maximum atomic E-state index is 14.7. The monoisotopic (exact) mass is 694 g/mol. The second-order valence-electron chi connectivity index (χ2n) is 14.8. The number of nitrogens with zero attached hydrogens (tertiary/aromatic N) is 1. The maximum absolute atomic E-state index is 14.7. The fourth-order valence-corrected chi connectivity index (χ4v) is 5.52. The van der Waals surface area contributed by atoms with E-state index in [0.29, 0.717) is 12.0 Å². The third-order valence-electron chi connectivity index (χ3n) is 7.77. The zero-order valence-corrected chi connectivity index (χ0v) is 31.4. The quantitative estimate of drug-likeness (QED) is 0.136. The van der Waals surface area contributed by atoms with Crippen LogP contribution >= 0.6 is 0 Å². The van der Waals surface area contributed by atoms with E-state index < -0.39 is 59.1 Å². The van der Waals surface area contributed by atoms with Crippen molar-refractivity contribution < 1.29 is 33.4 Å². The van der Waals surface area contributed by atoms with Gasteiger partial charge in [-0.2, -0.15) is 0 Å². The van der Waals surface area contributed by atoms with E-state index in [2.05, 4.69) is 17.6 Å². The molecule has 0 spiro atoms. The summed E-state index contributed by atoms with van der Waals surface area (Å²) in [4.78, 5) is 69.2. The van der Waals surface area contributed by atoms with Gasteiger partial charge < -0.3 is 30.7 Å². The number of esters is 1. The van der Waals surface area contributed by atoms with Crippen LogP contribution in [0.5, 0.6) is 0 Å². The van der Waals surface area contributed by atoms with Crippen LogP contribution in [0, 0.1) is 13.8 Å². The molecular formula is C39H58N4O7. The molecule has 276 valence electrons. The first kappa shape index (κ1) is 41.8. The van der Waals surface area contributed by atoms with E-state index in [4.69, 9.17) is 15.2 Å². The van der Waals surface area contributed by atoms with E-state index in [1.54, 1.807) is 47.6 Å². The van der Waals surface area contributed by atoms with Gasteiger partial charge in [-0.1, -0.05) is 80.3 Å². The van der Waals surface area contributed by atoms with Crippen LogP contribution in [0.15, 0.2) is 48.5 Å². The molecule has 11 nitrogen and oxygen atoms in total. The van der Waals surface area contributed by atoms with Gasteiger partial charge in [0.15, 0.2) is 0 Å². The fourth-order valence-electron chi connectivity index (χ4n) is 5.52. The van der Waals surface area contributed by atoms with Crippen LogP contribution in [0.1, 0.15) is 115 Å². The molecule has 2 aromatic rings. The highest BCUT2D eigenvalue weighted by Gasteiger charge is 2.39. The van der Waals surface area contributed by atoms with Crippen molar-refractivity contribution in [2.24, 2.45) is 5.73 Å². The molecule has 0 saturated heterocycles. The van der Waals surface area contributed by atoms with Gasteiger partial charge in [-0.05, 0) is 84.9 Å². The predicted molar refractivity (Wildman–Crippen MR) is 194 cm³/mol. The number of unbranched alkanes of at least 4 members (excludes halogenated alkanes) is 3. The Kier molecular flexibility index (Phi) is 16.0. The van der Waals surface area contributed by atoms with Crippen LogP contribution in [0.3, 0.4) is 0 Å². The van der Waals surface area contributed by atoms with E-state index in [9.17, 15) is 24.0 Å². The van der Waals surface area contributed by atoms with Crippen molar-refractivity contribution in [3.63, 3.8) is 0 Å². The van der Waals surface area contributed by atoms with Gasteiger partial charge in [-0.15, -0.1) is 0 Å². The van der Waals surface area contributed by atoms with Crippen molar-refractivity contribution in [1.82, 2.24) is 15.5 Å². The highest BCUT2D eigenvalue weighted by molar-refractivity contribution is 5.94. The molecule has 0 radical (unpaired) electrons. The molecule has 0 aromatic heterocycles. The van der Waals surface area contributed by atoms with Gasteiger partial charge in [-0.25, -0.2) is 9.59 Å². The molecule has 2 rings (SSSR count). The van der Waals surface area contributed by atoms with E-state index in [-0.39, 0.29) is 25.8 Å². The largest absolute Gasteiger partial charge is 0.458 e. The molecule has 0 fully saturated rings. The minimum absolute atomic E-state index is 0.103. The second kappa shape index (κ2) is 19.1. The third kappa shape index (κ3) is 14.6. The first-order valence-electron chi connectivity index (χ1n) is 17.5.